The Hall–Kier alpha value is -0.490. The molecule has 0 saturated heterocycles. The van der Waals surface area contributed by atoms with Gasteiger partial charge in [-0.05, 0) is 17.5 Å². The Balaban J connectivity index is 2.86. The first-order valence-electron chi connectivity index (χ1n) is 5.25. The van der Waals surface area contributed by atoms with E-state index in [1.807, 2.05) is 13.8 Å². The molecule has 0 unspecified atom stereocenters. The number of hydrogen-bond acceptors (Lipinski definition) is 1. The maximum atomic E-state index is 13.5. The number of halogens is 4. The highest BCUT2D eigenvalue weighted by Gasteiger charge is 2.22. The Morgan fingerprint density at radius 1 is 1.33 bits per heavy atom. The summed E-state index contributed by atoms with van der Waals surface area (Å²) >= 11 is 6.27. The van der Waals surface area contributed by atoms with Crippen LogP contribution in [0.15, 0.2) is 16.6 Å². The van der Waals surface area contributed by atoms with E-state index in [-0.39, 0.29) is 9.89 Å². The van der Waals surface area contributed by atoms with Gasteiger partial charge in [0, 0.05) is 16.3 Å². The summed E-state index contributed by atoms with van der Waals surface area (Å²) < 4.78 is 27.3. The number of carbonyl (C=O) groups excluding carboxylic acids is 1. The molecule has 1 aromatic carbocycles. The zero-order valence-corrected chi connectivity index (χ0v) is 13.2. The zero-order valence-electron chi connectivity index (χ0n) is 9.99. The van der Waals surface area contributed by atoms with Gasteiger partial charge in [0.2, 0.25) is 0 Å². The Morgan fingerprint density at radius 3 is 2.28 bits per heavy atom. The second-order valence-corrected chi connectivity index (χ2v) is 6.20. The largest absolute Gasteiger partial charge is 0.351 e. The van der Waals surface area contributed by atoms with Crippen LogP contribution in [0.5, 0.6) is 0 Å². The molecule has 2 nitrogen and oxygen atoms in total. The fourth-order valence-electron chi connectivity index (χ4n) is 1.21. The van der Waals surface area contributed by atoms with E-state index in [2.05, 4.69) is 37.2 Å². The molecule has 0 aromatic heterocycles. The minimum absolute atomic E-state index is 0.183. The van der Waals surface area contributed by atoms with Crippen molar-refractivity contribution < 1.29 is 13.6 Å². The molecule has 6 heteroatoms. The van der Waals surface area contributed by atoms with E-state index in [1.165, 1.54) is 0 Å². The van der Waals surface area contributed by atoms with Crippen LogP contribution in [0.1, 0.15) is 24.2 Å². The van der Waals surface area contributed by atoms with Crippen molar-refractivity contribution in [3.63, 3.8) is 0 Å². The lowest BCUT2D eigenvalue weighted by atomic mass is 9.96. The maximum absolute atomic E-state index is 13.5. The van der Waals surface area contributed by atoms with E-state index in [0.29, 0.717) is 11.9 Å². The summed E-state index contributed by atoms with van der Waals surface area (Å²) in [7, 11) is 0. The average Bonchev–Trinajstić information content (AvgIpc) is 2.25. The van der Waals surface area contributed by atoms with E-state index in [1.54, 1.807) is 0 Å². The minimum Gasteiger partial charge on any atom is -0.351 e. The zero-order chi connectivity index (χ0) is 13.9. The van der Waals surface area contributed by atoms with Crippen molar-refractivity contribution in [1.82, 2.24) is 5.32 Å². The molecule has 0 saturated carbocycles. The first-order valence-corrected chi connectivity index (χ1v) is 7.17. The lowest BCUT2D eigenvalue weighted by Gasteiger charge is -2.22. The van der Waals surface area contributed by atoms with Crippen LogP contribution >= 0.6 is 31.9 Å². The standard InChI is InChI=1S/C12H13Br2F2NO/c1-12(2,5-13)6-17-11(18)10-8(15)3-7(14)4-9(10)16/h3-4H,5-6H2,1-2H3,(H,17,18). The summed E-state index contributed by atoms with van der Waals surface area (Å²) in [6, 6.07) is 2.13. The summed E-state index contributed by atoms with van der Waals surface area (Å²) in [5.74, 6) is -2.50. The van der Waals surface area contributed by atoms with Crippen LogP contribution in [-0.4, -0.2) is 17.8 Å². The lowest BCUT2D eigenvalue weighted by molar-refractivity contribution is 0.0931. The quantitative estimate of drug-likeness (QED) is 0.784. The first-order chi connectivity index (χ1) is 8.26. The molecule has 0 heterocycles. The van der Waals surface area contributed by atoms with Gasteiger partial charge in [-0.2, -0.15) is 0 Å². The Bertz CT molecular complexity index is 440. The van der Waals surface area contributed by atoms with Gasteiger partial charge in [-0.15, -0.1) is 0 Å². The van der Waals surface area contributed by atoms with Gasteiger partial charge < -0.3 is 5.32 Å². The molecular formula is C12H13Br2F2NO. The van der Waals surface area contributed by atoms with Gasteiger partial charge in [0.15, 0.2) is 0 Å². The average molecular weight is 385 g/mol. The molecule has 100 valence electrons. The molecule has 0 atom stereocenters. The van der Waals surface area contributed by atoms with Gasteiger partial charge in [0.05, 0.1) is 0 Å². The molecule has 1 amide bonds. The van der Waals surface area contributed by atoms with E-state index < -0.39 is 23.1 Å². The van der Waals surface area contributed by atoms with Crippen molar-refractivity contribution in [2.24, 2.45) is 5.41 Å². The predicted molar refractivity (Wildman–Crippen MR) is 74.0 cm³/mol. The Labute approximate surface area is 121 Å². The topological polar surface area (TPSA) is 29.1 Å². The molecule has 0 aliphatic heterocycles. The van der Waals surface area contributed by atoms with E-state index in [0.717, 1.165) is 12.1 Å². The van der Waals surface area contributed by atoms with Crippen molar-refractivity contribution in [2.45, 2.75) is 13.8 Å². The van der Waals surface area contributed by atoms with Gasteiger partial charge in [0.25, 0.3) is 5.91 Å². The van der Waals surface area contributed by atoms with Crippen LogP contribution in [0.3, 0.4) is 0 Å². The fourth-order valence-corrected chi connectivity index (χ4v) is 1.81. The predicted octanol–water partition coefficient (Wildman–Crippen LogP) is 3.88. The van der Waals surface area contributed by atoms with Crippen molar-refractivity contribution in [3.8, 4) is 0 Å². The Morgan fingerprint density at radius 2 is 1.83 bits per heavy atom. The molecule has 1 aromatic rings. The van der Waals surface area contributed by atoms with Crippen LogP contribution in [0, 0.1) is 17.0 Å². The van der Waals surface area contributed by atoms with Gasteiger partial charge in [-0.3, -0.25) is 4.79 Å². The number of rotatable bonds is 4. The molecule has 0 bridgehead atoms. The van der Waals surface area contributed by atoms with E-state index in [9.17, 15) is 13.6 Å². The van der Waals surface area contributed by atoms with Crippen molar-refractivity contribution >= 4 is 37.8 Å². The van der Waals surface area contributed by atoms with Crippen LogP contribution in [0.4, 0.5) is 8.78 Å². The molecule has 1 rings (SSSR count). The van der Waals surface area contributed by atoms with Gasteiger partial charge >= 0.3 is 0 Å². The van der Waals surface area contributed by atoms with E-state index >= 15 is 0 Å². The number of hydrogen-bond donors (Lipinski definition) is 1. The second-order valence-electron chi connectivity index (χ2n) is 4.72. The first kappa shape index (κ1) is 15.6. The Kier molecular flexibility index (Phi) is 5.28. The van der Waals surface area contributed by atoms with Gasteiger partial charge in [-0.1, -0.05) is 45.7 Å². The fraction of sp³-hybridized carbons (Fsp3) is 0.417. The third kappa shape index (κ3) is 4.02. The van der Waals surface area contributed by atoms with Crippen LogP contribution in [-0.2, 0) is 0 Å². The number of amides is 1. The number of nitrogens with one attached hydrogen (secondary N) is 1. The second kappa shape index (κ2) is 6.10. The SMILES string of the molecule is CC(C)(CBr)CNC(=O)c1c(F)cc(Br)cc1F. The summed E-state index contributed by atoms with van der Waals surface area (Å²) in [5, 5.41) is 3.20. The third-order valence-electron chi connectivity index (χ3n) is 2.32. The molecule has 18 heavy (non-hydrogen) atoms. The molecule has 0 aliphatic carbocycles. The van der Waals surface area contributed by atoms with Crippen molar-refractivity contribution in [3.05, 3.63) is 33.8 Å². The normalized spacial score (nSPS) is 11.4. The summed E-state index contributed by atoms with van der Waals surface area (Å²) in [6.45, 7) is 4.18. The molecule has 1 N–H and O–H groups in total. The molecule has 0 fully saturated rings. The highest BCUT2D eigenvalue weighted by Crippen LogP contribution is 2.20. The van der Waals surface area contributed by atoms with Crippen molar-refractivity contribution in [1.29, 1.82) is 0 Å². The minimum atomic E-state index is -0.879. The smallest absolute Gasteiger partial charge is 0.257 e. The molecule has 0 radical (unpaired) electrons. The van der Waals surface area contributed by atoms with Gasteiger partial charge in [-0.25, -0.2) is 8.78 Å². The molecular weight excluding hydrogens is 372 g/mol. The number of benzene rings is 1. The molecule has 0 aliphatic rings. The number of carbonyl (C=O) groups is 1. The van der Waals surface area contributed by atoms with Crippen LogP contribution in [0.25, 0.3) is 0 Å². The maximum Gasteiger partial charge on any atom is 0.257 e. The summed E-state index contributed by atoms with van der Waals surface area (Å²) in [4.78, 5) is 11.7. The summed E-state index contributed by atoms with van der Waals surface area (Å²) in [6.07, 6.45) is 0. The lowest BCUT2D eigenvalue weighted by Crippen LogP contribution is -2.35. The highest BCUT2D eigenvalue weighted by atomic mass is 79.9. The van der Waals surface area contributed by atoms with Crippen LogP contribution < -0.4 is 5.32 Å². The monoisotopic (exact) mass is 383 g/mol. The van der Waals surface area contributed by atoms with Gasteiger partial charge in [0.1, 0.15) is 17.2 Å². The van der Waals surface area contributed by atoms with Crippen molar-refractivity contribution in [2.75, 3.05) is 11.9 Å². The van der Waals surface area contributed by atoms with E-state index in [4.69, 9.17) is 0 Å². The summed E-state index contributed by atoms with van der Waals surface area (Å²) in [5.41, 5.74) is -0.735. The van der Waals surface area contributed by atoms with Crippen LogP contribution in [0.2, 0.25) is 0 Å². The third-order valence-corrected chi connectivity index (χ3v) is 4.30. The molecule has 0 spiro atoms. The highest BCUT2D eigenvalue weighted by molar-refractivity contribution is 9.10. The number of alkyl halides is 1.